The van der Waals surface area contributed by atoms with Crippen LogP contribution in [0.2, 0.25) is 0 Å². The second-order valence-corrected chi connectivity index (χ2v) is 5.61. The molecule has 3 rings (SSSR count). The van der Waals surface area contributed by atoms with Gasteiger partial charge in [0.25, 0.3) is 5.91 Å². The number of hydrogen-bond donors (Lipinski definition) is 1. The molecule has 108 valence electrons. The Morgan fingerprint density at radius 1 is 1.62 bits per heavy atom. The standard InChI is InChI=1S/C14H13N3O3S/c15-5-11(9-1-3-19-6-9)16-13(18)12-8-21-14(17-12)10-2-4-20-7-10/h2,4,7-9,11H,1,3,6H2,(H,16,18)/t9-,11+/m1/s1. The number of carbonyl (C=O) groups excluding carboxylic acids is 1. The Morgan fingerprint density at radius 3 is 3.19 bits per heavy atom. The SMILES string of the molecule is N#C[C@H](NC(=O)c1csc(-c2ccoc2)n1)[C@@H]1CCOC1. The Labute approximate surface area is 125 Å². The monoisotopic (exact) mass is 303 g/mol. The van der Waals surface area contributed by atoms with E-state index in [1.54, 1.807) is 24.0 Å². The third-order valence-electron chi connectivity index (χ3n) is 3.37. The molecule has 7 heteroatoms. The molecule has 2 aromatic heterocycles. The van der Waals surface area contributed by atoms with E-state index in [-0.39, 0.29) is 11.8 Å². The molecule has 0 aromatic carbocycles. The summed E-state index contributed by atoms with van der Waals surface area (Å²) in [5, 5.41) is 14.3. The molecule has 21 heavy (non-hydrogen) atoms. The van der Waals surface area contributed by atoms with Gasteiger partial charge in [-0.15, -0.1) is 11.3 Å². The molecule has 0 saturated carbocycles. The minimum absolute atomic E-state index is 0.0472. The van der Waals surface area contributed by atoms with Gasteiger partial charge in [0.2, 0.25) is 0 Å². The summed E-state index contributed by atoms with van der Waals surface area (Å²) >= 11 is 1.36. The molecule has 1 saturated heterocycles. The fraction of sp³-hybridized carbons (Fsp3) is 0.357. The lowest BCUT2D eigenvalue weighted by molar-refractivity contribution is 0.0927. The largest absolute Gasteiger partial charge is 0.472 e. The first-order chi connectivity index (χ1) is 10.3. The van der Waals surface area contributed by atoms with Crippen molar-refractivity contribution in [3.63, 3.8) is 0 Å². The minimum Gasteiger partial charge on any atom is -0.472 e. The summed E-state index contributed by atoms with van der Waals surface area (Å²) in [5.41, 5.74) is 1.15. The molecule has 0 bridgehead atoms. The topological polar surface area (TPSA) is 88.2 Å². The number of amides is 1. The van der Waals surface area contributed by atoms with Gasteiger partial charge < -0.3 is 14.5 Å². The summed E-state index contributed by atoms with van der Waals surface area (Å²) in [6.45, 7) is 1.15. The van der Waals surface area contributed by atoms with Crippen molar-refractivity contribution in [1.82, 2.24) is 10.3 Å². The average Bonchev–Trinajstić information content (AvgIpc) is 3.26. The first-order valence-electron chi connectivity index (χ1n) is 6.54. The number of nitriles is 1. The maximum Gasteiger partial charge on any atom is 0.271 e. The van der Waals surface area contributed by atoms with Gasteiger partial charge in [0.05, 0.1) is 18.9 Å². The van der Waals surface area contributed by atoms with E-state index < -0.39 is 6.04 Å². The van der Waals surface area contributed by atoms with Gasteiger partial charge in [-0.05, 0) is 12.5 Å². The minimum atomic E-state index is -0.543. The Balaban J connectivity index is 1.69. The van der Waals surface area contributed by atoms with Gasteiger partial charge in [-0.3, -0.25) is 4.79 Å². The smallest absolute Gasteiger partial charge is 0.271 e. The van der Waals surface area contributed by atoms with Crippen molar-refractivity contribution in [3.05, 3.63) is 29.7 Å². The number of ether oxygens (including phenoxy) is 1. The average molecular weight is 303 g/mol. The first kappa shape index (κ1) is 13.8. The number of rotatable bonds is 4. The maximum absolute atomic E-state index is 12.2. The van der Waals surface area contributed by atoms with Crippen molar-refractivity contribution in [2.24, 2.45) is 5.92 Å². The zero-order chi connectivity index (χ0) is 14.7. The van der Waals surface area contributed by atoms with Crippen LogP contribution in [0.15, 0.2) is 28.4 Å². The fourth-order valence-electron chi connectivity index (χ4n) is 2.18. The van der Waals surface area contributed by atoms with Gasteiger partial charge in [0.1, 0.15) is 23.0 Å². The second kappa shape index (κ2) is 6.08. The molecule has 1 aliphatic rings. The molecule has 1 fully saturated rings. The molecule has 0 unspecified atom stereocenters. The lowest BCUT2D eigenvalue weighted by atomic mass is 10.0. The van der Waals surface area contributed by atoms with E-state index in [1.807, 2.05) is 0 Å². The quantitative estimate of drug-likeness (QED) is 0.934. The molecular weight excluding hydrogens is 290 g/mol. The highest BCUT2D eigenvalue weighted by molar-refractivity contribution is 7.13. The summed E-state index contributed by atoms with van der Waals surface area (Å²) in [6, 6.07) is 3.37. The van der Waals surface area contributed by atoms with Crippen molar-refractivity contribution < 1.29 is 13.9 Å². The summed E-state index contributed by atoms with van der Waals surface area (Å²) in [4.78, 5) is 16.4. The fourth-order valence-corrected chi connectivity index (χ4v) is 2.97. The van der Waals surface area contributed by atoms with Crippen molar-refractivity contribution >= 4 is 17.2 Å². The van der Waals surface area contributed by atoms with Crippen LogP contribution in [0.25, 0.3) is 10.6 Å². The number of aromatic nitrogens is 1. The maximum atomic E-state index is 12.2. The van der Waals surface area contributed by atoms with E-state index in [4.69, 9.17) is 9.15 Å². The Hall–Kier alpha value is -2.17. The number of nitrogens with zero attached hydrogens (tertiary/aromatic N) is 2. The molecule has 2 atom stereocenters. The van der Waals surface area contributed by atoms with Crippen LogP contribution in [0.5, 0.6) is 0 Å². The van der Waals surface area contributed by atoms with E-state index in [2.05, 4.69) is 16.4 Å². The lowest BCUT2D eigenvalue weighted by Crippen LogP contribution is -2.39. The van der Waals surface area contributed by atoms with E-state index in [0.717, 1.165) is 12.0 Å². The van der Waals surface area contributed by atoms with Gasteiger partial charge in [-0.25, -0.2) is 4.98 Å². The molecule has 0 spiro atoms. The van der Waals surface area contributed by atoms with Gasteiger partial charge in [0, 0.05) is 23.5 Å². The Morgan fingerprint density at radius 2 is 2.52 bits per heavy atom. The van der Waals surface area contributed by atoms with Crippen molar-refractivity contribution in [2.45, 2.75) is 12.5 Å². The first-order valence-corrected chi connectivity index (χ1v) is 7.42. The molecule has 1 aliphatic heterocycles. The van der Waals surface area contributed by atoms with Gasteiger partial charge in [-0.2, -0.15) is 5.26 Å². The zero-order valence-electron chi connectivity index (χ0n) is 11.1. The lowest BCUT2D eigenvalue weighted by Gasteiger charge is -2.15. The number of furan rings is 1. The van der Waals surface area contributed by atoms with E-state index >= 15 is 0 Å². The molecule has 1 N–H and O–H groups in total. The molecule has 0 aliphatic carbocycles. The van der Waals surface area contributed by atoms with E-state index in [9.17, 15) is 10.1 Å². The van der Waals surface area contributed by atoms with Crippen LogP contribution in [0.4, 0.5) is 0 Å². The van der Waals surface area contributed by atoms with Gasteiger partial charge >= 0.3 is 0 Å². The summed E-state index contributed by atoms with van der Waals surface area (Å²) in [7, 11) is 0. The number of thiazole rings is 1. The highest BCUT2D eigenvalue weighted by Gasteiger charge is 2.27. The Kier molecular flexibility index (Phi) is 3.99. The van der Waals surface area contributed by atoms with Crippen molar-refractivity contribution in [1.29, 1.82) is 5.26 Å². The molecule has 3 heterocycles. The van der Waals surface area contributed by atoms with Gasteiger partial charge in [0.15, 0.2) is 0 Å². The van der Waals surface area contributed by atoms with Crippen LogP contribution >= 0.6 is 11.3 Å². The van der Waals surface area contributed by atoms with Crippen LogP contribution in [-0.2, 0) is 4.74 Å². The van der Waals surface area contributed by atoms with Crippen LogP contribution < -0.4 is 5.32 Å². The number of carbonyl (C=O) groups is 1. The van der Waals surface area contributed by atoms with Crippen molar-refractivity contribution in [2.75, 3.05) is 13.2 Å². The highest BCUT2D eigenvalue weighted by Crippen LogP contribution is 2.24. The van der Waals surface area contributed by atoms with Crippen LogP contribution in [0, 0.1) is 17.2 Å². The Bertz CT molecular complexity index is 653. The predicted molar refractivity (Wildman–Crippen MR) is 75.6 cm³/mol. The van der Waals surface area contributed by atoms with Crippen LogP contribution in [-0.4, -0.2) is 30.1 Å². The molecular formula is C14H13N3O3S. The third kappa shape index (κ3) is 2.96. The molecule has 2 aromatic rings. The van der Waals surface area contributed by atoms with Crippen LogP contribution in [0.3, 0.4) is 0 Å². The second-order valence-electron chi connectivity index (χ2n) is 4.75. The summed E-state index contributed by atoms with van der Waals surface area (Å²) in [5.74, 6) is -0.287. The summed E-state index contributed by atoms with van der Waals surface area (Å²) in [6.07, 6.45) is 3.92. The predicted octanol–water partition coefficient (Wildman–Crippen LogP) is 2.06. The van der Waals surface area contributed by atoms with E-state index in [0.29, 0.717) is 23.9 Å². The van der Waals surface area contributed by atoms with Gasteiger partial charge in [-0.1, -0.05) is 0 Å². The zero-order valence-corrected chi connectivity index (χ0v) is 11.9. The summed E-state index contributed by atoms with van der Waals surface area (Å²) < 4.78 is 10.3. The third-order valence-corrected chi connectivity index (χ3v) is 4.26. The van der Waals surface area contributed by atoms with Crippen LogP contribution in [0.1, 0.15) is 16.9 Å². The van der Waals surface area contributed by atoms with E-state index in [1.165, 1.54) is 11.3 Å². The molecule has 6 nitrogen and oxygen atoms in total. The molecule has 1 amide bonds. The highest BCUT2D eigenvalue weighted by atomic mass is 32.1. The molecule has 0 radical (unpaired) electrons. The number of nitrogens with one attached hydrogen (secondary N) is 1. The van der Waals surface area contributed by atoms with Crippen molar-refractivity contribution in [3.8, 4) is 16.6 Å². The normalized spacial score (nSPS) is 19.1. The number of hydrogen-bond acceptors (Lipinski definition) is 6.